The van der Waals surface area contributed by atoms with Crippen LogP contribution < -0.4 is 11.1 Å². The Hall–Kier alpha value is -1.58. The normalized spacial score (nSPS) is 14.5. The number of amides is 2. The lowest BCUT2D eigenvalue weighted by atomic mass is 9.79. The number of rotatable bonds is 6. The molecule has 1 unspecified atom stereocenters. The molecule has 0 heterocycles. The minimum atomic E-state index is -1.21. The van der Waals surface area contributed by atoms with E-state index >= 15 is 0 Å². The van der Waals surface area contributed by atoms with E-state index in [2.05, 4.69) is 11.9 Å². The number of allylic oxidation sites excluding steroid dienone is 3. The zero-order valence-electron chi connectivity index (χ0n) is 9.25. The summed E-state index contributed by atoms with van der Waals surface area (Å²) in [6.07, 6.45) is 5.60. The zero-order chi connectivity index (χ0) is 11.9. The molecular weight excluding hydrogens is 192 g/mol. The maximum absolute atomic E-state index is 11.7. The maximum Gasteiger partial charge on any atom is 0.236 e. The standard InChI is InChI=1S/C11H18N2O2/c1-4-6-8-11(7-5-2,9(12)14)10(15)13-3/h4-6H,2,7-8H2,1,3H3,(H2,12,14)(H,13,15)/b6-4+. The monoisotopic (exact) mass is 210 g/mol. The maximum atomic E-state index is 11.7. The van der Waals surface area contributed by atoms with Crippen molar-refractivity contribution in [3.63, 3.8) is 0 Å². The van der Waals surface area contributed by atoms with Crippen LogP contribution >= 0.6 is 0 Å². The Balaban J connectivity index is 5.14. The summed E-state index contributed by atoms with van der Waals surface area (Å²) in [6, 6.07) is 0. The molecule has 4 heteroatoms. The van der Waals surface area contributed by atoms with Crippen LogP contribution in [0.2, 0.25) is 0 Å². The van der Waals surface area contributed by atoms with Gasteiger partial charge in [-0.2, -0.15) is 0 Å². The van der Waals surface area contributed by atoms with Crippen molar-refractivity contribution in [1.29, 1.82) is 0 Å². The number of primary amides is 1. The molecule has 0 spiro atoms. The highest BCUT2D eigenvalue weighted by Crippen LogP contribution is 2.27. The second-order valence-corrected chi connectivity index (χ2v) is 3.29. The Morgan fingerprint density at radius 1 is 1.47 bits per heavy atom. The van der Waals surface area contributed by atoms with E-state index in [9.17, 15) is 9.59 Å². The molecule has 15 heavy (non-hydrogen) atoms. The second-order valence-electron chi connectivity index (χ2n) is 3.29. The van der Waals surface area contributed by atoms with Crippen LogP contribution in [-0.4, -0.2) is 18.9 Å². The molecule has 1 atom stereocenters. The fourth-order valence-electron chi connectivity index (χ4n) is 1.39. The SMILES string of the molecule is C=CCC(C/C=C/C)(C(N)=O)C(=O)NC. The first-order valence-corrected chi connectivity index (χ1v) is 4.79. The van der Waals surface area contributed by atoms with Gasteiger partial charge >= 0.3 is 0 Å². The fraction of sp³-hybridized carbons (Fsp3) is 0.455. The lowest BCUT2D eigenvalue weighted by Crippen LogP contribution is -2.48. The van der Waals surface area contributed by atoms with Gasteiger partial charge < -0.3 is 11.1 Å². The van der Waals surface area contributed by atoms with Crippen molar-refractivity contribution in [2.24, 2.45) is 11.1 Å². The lowest BCUT2D eigenvalue weighted by molar-refractivity contribution is -0.141. The van der Waals surface area contributed by atoms with Crippen molar-refractivity contribution in [3.8, 4) is 0 Å². The molecule has 2 amide bonds. The van der Waals surface area contributed by atoms with E-state index < -0.39 is 11.3 Å². The summed E-state index contributed by atoms with van der Waals surface area (Å²) >= 11 is 0. The van der Waals surface area contributed by atoms with Crippen LogP contribution in [0, 0.1) is 5.41 Å². The summed E-state index contributed by atoms with van der Waals surface area (Å²) in [6.45, 7) is 5.36. The first kappa shape index (κ1) is 13.4. The van der Waals surface area contributed by atoms with Crippen LogP contribution in [0.25, 0.3) is 0 Å². The van der Waals surface area contributed by atoms with Gasteiger partial charge in [0.15, 0.2) is 0 Å². The molecule has 0 aliphatic carbocycles. The van der Waals surface area contributed by atoms with Crippen molar-refractivity contribution in [1.82, 2.24) is 5.32 Å². The number of carbonyl (C=O) groups is 2. The van der Waals surface area contributed by atoms with E-state index in [1.807, 2.05) is 6.92 Å². The van der Waals surface area contributed by atoms with Gasteiger partial charge in [0.1, 0.15) is 5.41 Å². The number of hydrogen-bond donors (Lipinski definition) is 2. The van der Waals surface area contributed by atoms with Crippen LogP contribution in [-0.2, 0) is 9.59 Å². The molecule has 0 radical (unpaired) electrons. The summed E-state index contributed by atoms with van der Waals surface area (Å²) < 4.78 is 0. The Bertz CT molecular complexity index is 284. The zero-order valence-corrected chi connectivity index (χ0v) is 9.25. The minimum absolute atomic E-state index is 0.242. The first-order valence-electron chi connectivity index (χ1n) is 4.79. The average Bonchev–Trinajstić information content (AvgIpc) is 2.22. The fourth-order valence-corrected chi connectivity index (χ4v) is 1.39. The van der Waals surface area contributed by atoms with Crippen LogP contribution in [0.15, 0.2) is 24.8 Å². The van der Waals surface area contributed by atoms with Crippen LogP contribution in [0.5, 0.6) is 0 Å². The average molecular weight is 210 g/mol. The Kier molecular flexibility index (Phi) is 5.37. The van der Waals surface area contributed by atoms with Crippen molar-refractivity contribution in [3.05, 3.63) is 24.8 Å². The molecule has 0 aromatic heterocycles. The molecule has 0 aromatic rings. The third-order valence-corrected chi connectivity index (χ3v) is 2.33. The highest BCUT2D eigenvalue weighted by atomic mass is 16.2. The number of hydrogen-bond acceptors (Lipinski definition) is 2. The molecule has 0 rings (SSSR count). The molecule has 0 aliphatic rings. The smallest absolute Gasteiger partial charge is 0.236 e. The highest BCUT2D eigenvalue weighted by Gasteiger charge is 2.41. The Morgan fingerprint density at radius 2 is 2.07 bits per heavy atom. The quantitative estimate of drug-likeness (QED) is 0.501. The van der Waals surface area contributed by atoms with Gasteiger partial charge in [-0.25, -0.2) is 0 Å². The summed E-state index contributed by atoms with van der Waals surface area (Å²) in [7, 11) is 1.48. The Morgan fingerprint density at radius 3 is 2.40 bits per heavy atom. The van der Waals surface area contributed by atoms with Gasteiger partial charge in [0.25, 0.3) is 0 Å². The molecule has 84 valence electrons. The predicted octanol–water partition coefficient (Wildman–Crippen LogP) is 0.746. The van der Waals surface area contributed by atoms with E-state index in [1.54, 1.807) is 12.2 Å². The van der Waals surface area contributed by atoms with Crippen molar-refractivity contribution in [2.45, 2.75) is 19.8 Å². The van der Waals surface area contributed by atoms with Crippen molar-refractivity contribution in [2.75, 3.05) is 7.05 Å². The molecule has 4 nitrogen and oxygen atoms in total. The topological polar surface area (TPSA) is 72.2 Å². The number of nitrogens with one attached hydrogen (secondary N) is 1. The molecule has 0 aliphatic heterocycles. The van der Waals surface area contributed by atoms with Gasteiger partial charge in [-0.1, -0.05) is 18.2 Å². The third kappa shape index (κ3) is 2.94. The van der Waals surface area contributed by atoms with Gasteiger partial charge in [-0.15, -0.1) is 6.58 Å². The largest absolute Gasteiger partial charge is 0.369 e. The van der Waals surface area contributed by atoms with E-state index in [4.69, 9.17) is 5.73 Å². The van der Waals surface area contributed by atoms with Gasteiger partial charge in [-0.3, -0.25) is 9.59 Å². The van der Waals surface area contributed by atoms with Gasteiger partial charge in [0.05, 0.1) is 0 Å². The first-order chi connectivity index (χ1) is 7.05. The van der Waals surface area contributed by atoms with E-state index in [1.165, 1.54) is 13.1 Å². The summed E-state index contributed by atoms with van der Waals surface area (Å²) in [5.74, 6) is -0.993. The second kappa shape index (κ2) is 6.01. The lowest BCUT2D eigenvalue weighted by Gasteiger charge is -2.26. The molecule has 3 N–H and O–H groups in total. The van der Waals surface area contributed by atoms with Crippen LogP contribution in [0.4, 0.5) is 0 Å². The van der Waals surface area contributed by atoms with Crippen molar-refractivity contribution < 1.29 is 9.59 Å². The molecule has 0 saturated heterocycles. The van der Waals surface area contributed by atoms with Gasteiger partial charge in [0, 0.05) is 7.05 Å². The molecule has 0 bridgehead atoms. The third-order valence-electron chi connectivity index (χ3n) is 2.33. The van der Waals surface area contributed by atoms with Crippen molar-refractivity contribution >= 4 is 11.8 Å². The minimum Gasteiger partial charge on any atom is -0.369 e. The van der Waals surface area contributed by atoms with E-state index in [0.29, 0.717) is 6.42 Å². The predicted molar refractivity (Wildman–Crippen MR) is 59.9 cm³/mol. The molecule has 0 aromatic carbocycles. The summed E-state index contributed by atoms with van der Waals surface area (Å²) in [5, 5.41) is 2.46. The number of carbonyl (C=O) groups excluding carboxylic acids is 2. The van der Waals surface area contributed by atoms with E-state index in [0.717, 1.165) is 0 Å². The summed E-state index contributed by atoms with van der Waals surface area (Å²) in [4.78, 5) is 23.1. The van der Waals surface area contributed by atoms with Crippen LogP contribution in [0.3, 0.4) is 0 Å². The summed E-state index contributed by atoms with van der Waals surface area (Å²) in [5.41, 5.74) is 4.09. The number of nitrogens with two attached hydrogens (primary N) is 1. The van der Waals surface area contributed by atoms with E-state index in [-0.39, 0.29) is 12.3 Å². The molecule has 0 fully saturated rings. The van der Waals surface area contributed by atoms with Gasteiger partial charge in [-0.05, 0) is 19.8 Å². The molecular formula is C11H18N2O2. The molecule has 0 saturated carbocycles. The Labute approximate surface area is 90.2 Å². The highest BCUT2D eigenvalue weighted by molar-refractivity contribution is 6.04. The van der Waals surface area contributed by atoms with Crippen LogP contribution in [0.1, 0.15) is 19.8 Å². The van der Waals surface area contributed by atoms with Gasteiger partial charge in [0.2, 0.25) is 11.8 Å².